The van der Waals surface area contributed by atoms with Crippen molar-refractivity contribution in [2.45, 2.75) is 0 Å². The van der Waals surface area contributed by atoms with Gasteiger partial charge in [-0.3, -0.25) is 4.57 Å². The van der Waals surface area contributed by atoms with Gasteiger partial charge in [-0.1, -0.05) is 24.3 Å². The fourth-order valence-corrected chi connectivity index (χ4v) is 4.38. The third-order valence-electron chi connectivity index (χ3n) is 4.46. The predicted molar refractivity (Wildman–Crippen MR) is 116 cm³/mol. The zero-order valence-corrected chi connectivity index (χ0v) is 17.2. The number of methoxy groups -OCH3 is 2. The molecule has 0 unspecified atom stereocenters. The summed E-state index contributed by atoms with van der Waals surface area (Å²) in [5.41, 5.74) is 2.92. The molecule has 0 radical (unpaired) electrons. The minimum Gasteiger partial charge on any atom is -0.497 e. The van der Waals surface area contributed by atoms with E-state index in [1.807, 2.05) is 42.5 Å². The van der Waals surface area contributed by atoms with Crippen molar-refractivity contribution < 1.29 is 19.4 Å². The topological polar surface area (TPSA) is 73.0 Å². The quantitative estimate of drug-likeness (QED) is 0.482. The number of carbonyl (C=O) groups is 1. The first-order valence-electron chi connectivity index (χ1n) is 8.61. The molecule has 2 heterocycles. The number of thiazole rings is 1. The molecule has 2 aromatic carbocycles. The zero-order chi connectivity index (χ0) is 20.5. The van der Waals surface area contributed by atoms with Crippen LogP contribution in [0.1, 0.15) is 10.4 Å². The average molecular weight is 425 g/mol. The largest absolute Gasteiger partial charge is 0.497 e. The van der Waals surface area contributed by atoms with E-state index >= 15 is 0 Å². The Morgan fingerprint density at radius 1 is 1.21 bits per heavy atom. The fraction of sp³-hybridized carbons (Fsp3) is 0.0952. The molecule has 6 nitrogen and oxygen atoms in total. The summed E-state index contributed by atoms with van der Waals surface area (Å²) in [6, 6.07) is 14.7. The SMILES string of the molecule is COC(=O)C1=Nc2ccccc2/C1=C\c1sc(=S)n(-c2cccc(OC)c2)c1O. The smallest absolute Gasteiger partial charge is 0.357 e. The third-order valence-corrected chi connectivity index (χ3v) is 5.77. The van der Waals surface area contributed by atoms with E-state index in [0.717, 1.165) is 5.56 Å². The number of para-hydroxylation sites is 1. The molecular formula is C21H16N2O4S2. The summed E-state index contributed by atoms with van der Waals surface area (Å²) >= 11 is 6.71. The lowest BCUT2D eigenvalue weighted by atomic mass is 10.0. The van der Waals surface area contributed by atoms with Crippen LogP contribution >= 0.6 is 23.6 Å². The van der Waals surface area contributed by atoms with Gasteiger partial charge in [0.1, 0.15) is 5.75 Å². The van der Waals surface area contributed by atoms with Crippen molar-refractivity contribution in [3.63, 3.8) is 0 Å². The van der Waals surface area contributed by atoms with Crippen LogP contribution in [0.5, 0.6) is 11.6 Å². The summed E-state index contributed by atoms with van der Waals surface area (Å²) in [6.07, 6.45) is 1.72. The number of ether oxygens (including phenoxy) is 2. The molecule has 4 rings (SSSR count). The molecule has 0 saturated carbocycles. The minimum absolute atomic E-state index is 0.0191. The highest BCUT2D eigenvalue weighted by atomic mass is 32.1. The van der Waals surface area contributed by atoms with Gasteiger partial charge in [-0.25, -0.2) is 9.79 Å². The van der Waals surface area contributed by atoms with Crippen LogP contribution in [0.25, 0.3) is 17.3 Å². The number of aromatic hydroxyl groups is 1. The summed E-state index contributed by atoms with van der Waals surface area (Å²) in [4.78, 5) is 17.1. The number of hydrogen-bond donors (Lipinski definition) is 1. The molecule has 0 aliphatic carbocycles. The monoisotopic (exact) mass is 424 g/mol. The average Bonchev–Trinajstić information content (AvgIpc) is 3.24. The van der Waals surface area contributed by atoms with Crippen LogP contribution < -0.4 is 4.74 Å². The van der Waals surface area contributed by atoms with E-state index in [0.29, 0.717) is 31.5 Å². The van der Waals surface area contributed by atoms with E-state index in [-0.39, 0.29) is 11.6 Å². The van der Waals surface area contributed by atoms with Gasteiger partial charge in [-0.15, -0.1) is 11.3 Å². The second-order valence-corrected chi connectivity index (χ2v) is 7.80. The molecule has 0 fully saturated rings. The van der Waals surface area contributed by atoms with Gasteiger partial charge in [0.05, 0.1) is 30.5 Å². The number of aliphatic imine (C=N–C) groups is 1. The Labute approximate surface area is 176 Å². The van der Waals surface area contributed by atoms with E-state index in [9.17, 15) is 9.90 Å². The van der Waals surface area contributed by atoms with E-state index in [1.165, 1.54) is 18.4 Å². The van der Waals surface area contributed by atoms with Gasteiger partial charge in [0, 0.05) is 17.2 Å². The van der Waals surface area contributed by atoms with Crippen molar-refractivity contribution in [1.29, 1.82) is 0 Å². The zero-order valence-electron chi connectivity index (χ0n) is 15.6. The number of benzene rings is 2. The van der Waals surface area contributed by atoms with Gasteiger partial charge in [0.25, 0.3) is 0 Å². The number of nitrogens with zero attached hydrogens (tertiary/aromatic N) is 2. The normalized spacial score (nSPS) is 13.9. The van der Waals surface area contributed by atoms with E-state index in [2.05, 4.69) is 4.99 Å². The van der Waals surface area contributed by atoms with Crippen molar-refractivity contribution in [3.8, 4) is 17.3 Å². The van der Waals surface area contributed by atoms with E-state index in [1.54, 1.807) is 23.8 Å². The second-order valence-electron chi connectivity index (χ2n) is 6.12. The van der Waals surface area contributed by atoms with Crippen LogP contribution in [0, 0.1) is 3.95 Å². The number of rotatable bonds is 4. The van der Waals surface area contributed by atoms with Crippen LogP contribution in [0.2, 0.25) is 0 Å². The minimum atomic E-state index is -0.539. The molecule has 1 aromatic heterocycles. The van der Waals surface area contributed by atoms with Crippen LogP contribution in [-0.2, 0) is 9.53 Å². The van der Waals surface area contributed by atoms with Crippen molar-refractivity contribution in [1.82, 2.24) is 4.57 Å². The molecule has 8 heteroatoms. The Morgan fingerprint density at radius 3 is 2.76 bits per heavy atom. The fourth-order valence-electron chi connectivity index (χ4n) is 3.09. The highest BCUT2D eigenvalue weighted by Gasteiger charge is 2.27. The maximum Gasteiger partial charge on any atom is 0.357 e. The highest BCUT2D eigenvalue weighted by Crippen LogP contribution is 2.39. The molecule has 146 valence electrons. The summed E-state index contributed by atoms with van der Waals surface area (Å²) in [7, 11) is 2.89. The molecule has 0 saturated heterocycles. The van der Waals surface area contributed by atoms with Crippen LogP contribution in [-0.4, -0.2) is 35.6 Å². The molecule has 0 amide bonds. The lowest BCUT2D eigenvalue weighted by molar-refractivity contribution is -0.132. The summed E-state index contributed by atoms with van der Waals surface area (Å²) in [5.74, 6) is 0.0943. The lowest BCUT2D eigenvalue weighted by Gasteiger charge is -2.07. The first kappa shape index (κ1) is 19.1. The van der Waals surface area contributed by atoms with Gasteiger partial charge in [-0.05, 0) is 36.5 Å². The molecule has 0 spiro atoms. The molecule has 1 aliphatic rings. The van der Waals surface area contributed by atoms with Gasteiger partial charge in [-0.2, -0.15) is 0 Å². The van der Waals surface area contributed by atoms with Crippen molar-refractivity contribution >= 4 is 52.6 Å². The van der Waals surface area contributed by atoms with Crippen molar-refractivity contribution in [3.05, 3.63) is 62.9 Å². The summed E-state index contributed by atoms with van der Waals surface area (Å²) in [6.45, 7) is 0. The van der Waals surface area contributed by atoms with E-state index in [4.69, 9.17) is 21.7 Å². The summed E-state index contributed by atoms with van der Waals surface area (Å²) in [5, 5.41) is 10.9. The standard InChI is InChI=1S/C21H16N2O4S2/c1-26-13-7-5-6-12(10-13)23-19(24)17(29-21(23)28)11-15-14-8-3-4-9-16(14)22-18(15)20(25)27-2/h3-11,24H,1-2H3/b15-11+. The number of esters is 1. The Balaban J connectivity index is 1.86. The molecule has 1 N–H and O–H groups in total. The molecule has 3 aromatic rings. The molecule has 0 atom stereocenters. The number of fused-ring (bicyclic) bond motifs is 1. The molecule has 0 bridgehead atoms. The van der Waals surface area contributed by atoms with Crippen LogP contribution in [0.3, 0.4) is 0 Å². The Hall–Kier alpha value is -3.23. The summed E-state index contributed by atoms with van der Waals surface area (Å²) < 4.78 is 12.2. The Bertz CT molecular complexity index is 1240. The van der Waals surface area contributed by atoms with Gasteiger partial charge in [0.2, 0.25) is 5.88 Å². The number of aromatic nitrogens is 1. The Morgan fingerprint density at radius 2 is 2.00 bits per heavy atom. The van der Waals surface area contributed by atoms with Gasteiger partial charge >= 0.3 is 5.97 Å². The number of hydrogen-bond acceptors (Lipinski definition) is 7. The highest BCUT2D eigenvalue weighted by molar-refractivity contribution is 7.73. The van der Waals surface area contributed by atoms with Crippen molar-refractivity contribution in [2.75, 3.05) is 14.2 Å². The van der Waals surface area contributed by atoms with E-state index < -0.39 is 5.97 Å². The predicted octanol–water partition coefficient (Wildman–Crippen LogP) is 4.78. The maximum atomic E-state index is 12.2. The molecular weight excluding hydrogens is 408 g/mol. The van der Waals surface area contributed by atoms with Crippen LogP contribution in [0.4, 0.5) is 5.69 Å². The van der Waals surface area contributed by atoms with Gasteiger partial charge < -0.3 is 14.6 Å². The second kappa shape index (κ2) is 7.65. The Kier molecular flexibility index (Phi) is 5.04. The van der Waals surface area contributed by atoms with Gasteiger partial charge in [0.15, 0.2) is 9.67 Å². The van der Waals surface area contributed by atoms with Crippen LogP contribution in [0.15, 0.2) is 53.5 Å². The van der Waals surface area contributed by atoms with Crippen molar-refractivity contribution in [2.24, 2.45) is 4.99 Å². The first-order chi connectivity index (χ1) is 14.0. The third kappa shape index (κ3) is 3.37. The first-order valence-corrected chi connectivity index (χ1v) is 9.83. The maximum absolute atomic E-state index is 12.2. The lowest BCUT2D eigenvalue weighted by Crippen LogP contribution is -2.14. The molecule has 29 heavy (non-hydrogen) atoms. The molecule has 1 aliphatic heterocycles. The number of carbonyl (C=O) groups excluding carboxylic acids is 1.